The van der Waals surface area contributed by atoms with Crippen LogP contribution in [0.5, 0.6) is 5.75 Å². The lowest BCUT2D eigenvalue weighted by Crippen LogP contribution is -2.23. The molecule has 0 aliphatic carbocycles. The van der Waals surface area contributed by atoms with E-state index in [2.05, 4.69) is 55.5 Å². The van der Waals surface area contributed by atoms with Crippen LogP contribution >= 0.6 is 0 Å². The molecule has 0 radical (unpaired) electrons. The molecule has 1 unspecified atom stereocenters. The maximum Gasteiger partial charge on any atom is 0.312 e. The SMILES string of the molecule is CCOC(=O)C(C)COc1ccc(CNC(=O)c2cc(-c3ccc(C(C)(C)C)cc3)n(C)n2)cc1. The van der Waals surface area contributed by atoms with E-state index in [4.69, 9.17) is 9.47 Å². The summed E-state index contributed by atoms with van der Waals surface area (Å²) in [6.45, 7) is 11.1. The lowest BCUT2D eigenvalue weighted by molar-refractivity contribution is -0.148. The lowest BCUT2D eigenvalue weighted by Gasteiger charge is -2.19. The monoisotopic (exact) mass is 477 g/mol. The van der Waals surface area contributed by atoms with Crippen molar-refractivity contribution in [3.05, 3.63) is 71.4 Å². The van der Waals surface area contributed by atoms with Gasteiger partial charge in [-0.2, -0.15) is 5.10 Å². The normalized spacial score (nSPS) is 12.2. The van der Waals surface area contributed by atoms with Gasteiger partial charge >= 0.3 is 5.97 Å². The molecule has 1 heterocycles. The van der Waals surface area contributed by atoms with Gasteiger partial charge < -0.3 is 14.8 Å². The van der Waals surface area contributed by atoms with Crippen molar-refractivity contribution >= 4 is 11.9 Å². The van der Waals surface area contributed by atoms with Crippen molar-refractivity contribution in [3.8, 4) is 17.0 Å². The van der Waals surface area contributed by atoms with E-state index < -0.39 is 0 Å². The predicted molar refractivity (Wildman–Crippen MR) is 136 cm³/mol. The highest BCUT2D eigenvalue weighted by atomic mass is 16.5. The van der Waals surface area contributed by atoms with Crippen molar-refractivity contribution in [3.63, 3.8) is 0 Å². The minimum absolute atomic E-state index is 0.0847. The largest absolute Gasteiger partial charge is 0.493 e. The van der Waals surface area contributed by atoms with Gasteiger partial charge in [0, 0.05) is 13.6 Å². The van der Waals surface area contributed by atoms with Gasteiger partial charge in [-0.25, -0.2) is 0 Å². The van der Waals surface area contributed by atoms with Crippen LogP contribution in [0.1, 0.15) is 56.2 Å². The quantitative estimate of drug-likeness (QED) is 0.444. The number of carbonyl (C=O) groups excluding carboxylic acids is 2. The molecule has 0 fully saturated rings. The van der Waals surface area contributed by atoms with E-state index in [9.17, 15) is 9.59 Å². The van der Waals surface area contributed by atoms with Gasteiger partial charge in [0.2, 0.25) is 0 Å². The van der Waals surface area contributed by atoms with E-state index >= 15 is 0 Å². The molecule has 7 nitrogen and oxygen atoms in total. The standard InChI is InChI=1S/C28H35N3O4/c1-7-34-27(33)19(2)18-35-23-14-8-20(9-15-23)17-29-26(32)24-16-25(31(6)30-24)21-10-12-22(13-11-21)28(3,4)5/h8-16,19H,7,17-18H2,1-6H3,(H,29,32). The van der Waals surface area contributed by atoms with Crippen LogP contribution in [-0.4, -0.2) is 34.9 Å². The number of aryl methyl sites for hydroxylation is 1. The number of nitrogens with zero attached hydrogens (tertiary/aromatic N) is 2. The highest BCUT2D eigenvalue weighted by molar-refractivity contribution is 5.93. The molecule has 35 heavy (non-hydrogen) atoms. The fourth-order valence-electron chi connectivity index (χ4n) is 3.54. The molecule has 2 aromatic carbocycles. The van der Waals surface area contributed by atoms with Crippen LogP contribution in [0.4, 0.5) is 0 Å². The molecule has 0 saturated heterocycles. The van der Waals surface area contributed by atoms with Crippen molar-refractivity contribution in [2.45, 2.75) is 46.6 Å². The Morgan fingerprint density at radius 2 is 1.71 bits per heavy atom. The molecule has 0 saturated carbocycles. The van der Waals surface area contributed by atoms with Crippen LogP contribution in [0.2, 0.25) is 0 Å². The van der Waals surface area contributed by atoms with Crippen molar-refractivity contribution in [1.82, 2.24) is 15.1 Å². The molecule has 3 aromatic rings. The molecule has 0 aliphatic rings. The van der Waals surface area contributed by atoms with Gasteiger partial charge in [0.25, 0.3) is 5.91 Å². The minimum Gasteiger partial charge on any atom is -0.493 e. The zero-order valence-electron chi connectivity index (χ0n) is 21.4. The Hall–Kier alpha value is -3.61. The van der Waals surface area contributed by atoms with Crippen LogP contribution in [0.25, 0.3) is 11.3 Å². The first-order chi connectivity index (χ1) is 16.6. The highest BCUT2D eigenvalue weighted by Crippen LogP contribution is 2.26. The number of aromatic nitrogens is 2. The van der Waals surface area contributed by atoms with Gasteiger partial charge in [0.1, 0.15) is 12.4 Å². The van der Waals surface area contributed by atoms with E-state index in [-0.39, 0.29) is 29.8 Å². The van der Waals surface area contributed by atoms with Gasteiger partial charge in [-0.05, 0) is 54.2 Å². The van der Waals surface area contributed by atoms with Gasteiger partial charge in [-0.1, -0.05) is 57.2 Å². The molecule has 0 spiro atoms. The van der Waals surface area contributed by atoms with Crippen molar-refractivity contribution in [1.29, 1.82) is 0 Å². The Labute approximate surface area is 207 Å². The fraction of sp³-hybridized carbons (Fsp3) is 0.393. The average molecular weight is 478 g/mol. The summed E-state index contributed by atoms with van der Waals surface area (Å²) in [6.07, 6.45) is 0. The lowest BCUT2D eigenvalue weighted by atomic mass is 9.86. The maximum atomic E-state index is 12.7. The number of benzene rings is 2. The number of nitrogens with one attached hydrogen (secondary N) is 1. The molecule has 1 amide bonds. The topological polar surface area (TPSA) is 82.5 Å². The molecule has 1 aromatic heterocycles. The number of hydrogen-bond donors (Lipinski definition) is 1. The summed E-state index contributed by atoms with van der Waals surface area (Å²) in [4.78, 5) is 24.4. The van der Waals surface area contributed by atoms with Gasteiger partial charge in [-0.3, -0.25) is 14.3 Å². The molecule has 0 aliphatic heterocycles. The molecular weight excluding hydrogens is 442 g/mol. The molecular formula is C28H35N3O4. The zero-order chi connectivity index (χ0) is 25.6. The van der Waals surface area contributed by atoms with Crippen molar-refractivity contribution < 1.29 is 19.1 Å². The van der Waals surface area contributed by atoms with E-state index in [0.717, 1.165) is 16.8 Å². The summed E-state index contributed by atoms with van der Waals surface area (Å²) >= 11 is 0. The van der Waals surface area contributed by atoms with Crippen LogP contribution < -0.4 is 10.1 Å². The van der Waals surface area contributed by atoms with E-state index in [1.165, 1.54) is 5.56 Å². The van der Waals surface area contributed by atoms with E-state index in [1.807, 2.05) is 37.4 Å². The Morgan fingerprint density at radius 1 is 1.06 bits per heavy atom. The summed E-state index contributed by atoms with van der Waals surface area (Å²) < 4.78 is 12.4. The molecule has 1 atom stereocenters. The number of ether oxygens (including phenoxy) is 2. The summed E-state index contributed by atoms with van der Waals surface area (Å²) in [5.41, 5.74) is 4.54. The van der Waals surface area contributed by atoms with Crippen molar-refractivity contribution in [2.24, 2.45) is 13.0 Å². The Balaban J connectivity index is 1.56. The molecule has 3 rings (SSSR count). The second-order valence-corrected chi connectivity index (χ2v) is 9.66. The van der Waals surface area contributed by atoms with Gasteiger partial charge in [0.15, 0.2) is 5.69 Å². The second kappa shape index (κ2) is 11.2. The second-order valence-electron chi connectivity index (χ2n) is 9.66. The summed E-state index contributed by atoms with van der Waals surface area (Å²) in [6, 6.07) is 17.6. The van der Waals surface area contributed by atoms with Gasteiger partial charge in [-0.15, -0.1) is 0 Å². The number of carbonyl (C=O) groups is 2. The van der Waals surface area contributed by atoms with E-state index in [0.29, 0.717) is 24.6 Å². The van der Waals surface area contributed by atoms with Crippen LogP contribution in [0.3, 0.4) is 0 Å². The third-order valence-electron chi connectivity index (χ3n) is 5.72. The van der Waals surface area contributed by atoms with Crippen LogP contribution in [-0.2, 0) is 28.5 Å². The third-order valence-corrected chi connectivity index (χ3v) is 5.72. The summed E-state index contributed by atoms with van der Waals surface area (Å²) in [7, 11) is 1.84. The molecule has 1 N–H and O–H groups in total. The Kier molecular flexibility index (Phi) is 8.33. The van der Waals surface area contributed by atoms with Crippen LogP contribution in [0.15, 0.2) is 54.6 Å². The molecule has 0 bridgehead atoms. The average Bonchev–Trinajstić information content (AvgIpc) is 3.23. The molecule has 7 heteroatoms. The Morgan fingerprint density at radius 3 is 2.31 bits per heavy atom. The Bertz CT molecular complexity index is 1140. The summed E-state index contributed by atoms with van der Waals surface area (Å²) in [5, 5.41) is 7.32. The van der Waals surface area contributed by atoms with E-state index in [1.54, 1.807) is 18.5 Å². The molecule has 186 valence electrons. The van der Waals surface area contributed by atoms with Crippen LogP contribution in [0, 0.1) is 5.92 Å². The smallest absolute Gasteiger partial charge is 0.312 e. The predicted octanol–water partition coefficient (Wildman–Crippen LogP) is 4.89. The third kappa shape index (κ3) is 6.94. The van der Waals surface area contributed by atoms with Crippen molar-refractivity contribution in [2.75, 3.05) is 13.2 Å². The first-order valence-electron chi connectivity index (χ1n) is 11.9. The first kappa shape index (κ1) is 26.0. The fourth-order valence-corrected chi connectivity index (χ4v) is 3.54. The number of rotatable bonds is 9. The number of amides is 1. The highest BCUT2D eigenvalue weighted by Gasteiger charge is 2.17. The maximum absolute atomic E-state index is 12.7. The first-order valence-corrected chi connectivity index (χ1v) is 11.9. The number of hydrogen-bond acceptors (Lipinski definition) is 5. The number of esters is 1. The van der Waals surface area contributed by atoms with Gasteiger partial charge in [0.05, 0.1) is 18.2 Å². The zero-order valence-corrected chi connectivity index (χ0v) is 21.4. The summed E-state index contributed by atoms with van der Waals surface area (Å²) in [5.74, 6) is -0.190. The minimum atomic E-state index is -0.339.